The molecule has 4 rings (SSSR count). The average Bonchev–Trinajstić information content (AvgIpc) is 3.24. The Kier molecular flexibility index (Phi) is 16.5. The van der Waals surface area contributed by atoms with E-state index in [0.717, 1.165) is 0 Å². The van der Waals surface area contributed by atoms with Gasteiger partial charge in [0.2, 0.25) is 0 Å². The highest BCUT2D eigenvalue weighted by Crippen LogP contribution is 2.36. The summed E-state index contributed by atoms with van der Waals surface area (Å²) in [6, 6.07) is 0. The molecule has 0 amide bonds. The van der Waals surface area contributed by atoms with Gasteiger partial charge in [0.25, 0.3) is 35.0 Å². The van der Waals surface area contributed by atoms with E-state index in [0.29, 0.717) is 38.5 Å². The molecule has 334 valence electrons. The molecule has 0 bridgehead atoms. The van der Waals surface area contributed by atoms with Crippen LogP contribution < -0.4 is 0 Å². The molecule has 62 heavy (non-hydrogen) atoms. The number of aliphatic hydroxyl groups excluding tert-OH is 2. The first kappa shape index (κ1) is 48.1. The average molecular weight is 863 g/mol. The number of ether oxygens (including phenoxy) is 8. The number of aliphatic hydroxyl groups is 2. The van der Waals surface area contributed by atoms with E-state index < -0.39 is 70.9 Å². The van der Waals surface area contributed by atoms with Gasteiger partial charge in [-0.15, -0.1) is 0 Å². The van der Waals surface area contributed by atoms with Gasteiger partial charge in [0.15, 0.2) is 0 Å². The molecule has 0 aromatic carbocycles. The Morgan fingerprint density at radius 1 is 0.371 bits per heavy atom. The summed E-state index contributed by atoms with van der Waals surface area (Å²) >= 11 is 0. The minimum absolute atomic E-state index is 0.136. The normalized spacial score (nSPS) is 24.2. The molecule has 2 N–H and O–H groups in total. The Hall–Kier alpha value is -6.58. The predicted molar refractivity (Wildman–Crippen MR) is 220 cm³/mol. The minimum atomic E-state index is -1.52. The second kappa shape index (κ2) is 21.3. The molecular weight excluding hydrogens is 808 g/mol. The van der Waals surface area contributed by atoms with Gasteiger partial charge in [-0.05, 0) is 37.1 Å². The predicted octanol–water partition coefficient (Wildman–Crippen LogP) is 7.87. The Labute approximate surface area is 360 Å². The summed E-state index contributed by atoms with van der Waals surface area (Å²) in [5, 5.41) is 20.4. The molecule has 4 aliphatic rings. The van der Waals surface area contributed by atoms with Crippen LogP contribution in [0.5, 0.6) is 0 Å². The molecule has 0 aromatic rings. The van der Waals surface area contributed by atoms with Gasteiger partial charge in [-0.25, -0.2) is 28.8 Å². The maximum absolute atomic E-state index is 12.9. The second-order valence-electron chi connectivity index (χ2n) is 14.4. The summed E-state index contributed by atoms with van der Waals surface area (Å²) in [6.07, 6.45) is 23.0. The molecule has 0 saturated carbocycles. The van der Waals surface area contributed by atoms with E-state index in [1.165, 1.54) is 60.8 Å². The fraction of sp³-hybridized carbons (Fsp3) is 0.435. The summed E-state index contributed by atoms with van der Waals surface area (Å²) in [5.74, 6) is -11.4. The van der Waals surface area contributed by atoms with E-state index in [2.05, 4.69) is 0 Å². The van der Waals surface area contributed by atoms with Crippen LogP contribution in [0.1, 0.15) is 106 Å². The number of allylic oxidation sites excluding steroid dienone is 12. The Morgan fingerprint density at radius 2 is 0.645 bits per heavy atom. The fourth-order valence-electron chi connectivity index (χ4n) is 6.49. The number of hydrogen-bond donors (Lipinski definition) is 2. The first-order chi connectivity index (χ1) is 29.6. The van der Waals surface area contributed by atoms with E-state index in [1.807, 2.05) is 0 Å². The van der Waals surface area contributed by atoms with Crippen LogP contribution in [-0.2, 0) is 66.7 Å². The molecule has 4 aliphatic heterocycles. The van der Waals surface area contributed by atoms with Gasteiger partial charge in [-0.2, -0.15) is 0 Å². The highest BCUT2D eigenvalue weighted by molar-refractivity contribution is 6.16. The maximum Gasteiger partial charge on any atom is 0.348 e. The molecule has 4 heterocycles. The highest BCUT2D eigenvalue weighted by Gasteiger charge is 2.47. The minimum Gasteiger partial charge on any atom is -0.480 e. The van der Waals surface area contributed by atoms with Crippen LogP contribution in [0.2, 0.25) is 0 Å². The van der Waals surface area contributed by atoms with Crippen LogP contribution in [0.4, 0.5) is 0 Å². The van der Waals surface area contributed by atoms with E-state index in [1.54, 1.807) is 65.8 Å². The number of rotatable bonds is 19. The van der Waals surface area contributed by atoms with Crippen molar-refractivity contribution in [3.05, 3.63) is 119 Å². The molecule has 16 nitrogen and oxygen atoms in total. The SMILES string of the molecule is CCC1(CCCCC2(CC)OC(=O)C(=CC=CC=CC=CC3=C(O)OC(CC)(CC)OC3=O)C(=O)O2)OC(=O)C(=CC=CC=CC=CC2=C(O)OC(CC)(CC)OC2=O)C(=O)O1. The fourth-order valence-corrected chi connectivity index (χ4v) is 6.49. The quantitative estimate of drug-likeness (QED) is 0.0315. The molecule has 0 unspecified atom stereocenters. The van der Waals surface area contributed by atoms with E-state index in [9.17, 15) is 39.0 Å². The van der Waals surface area contributed by atoms with Crippen molar-refractivity contribution >= 4 is 35.8 Å². The lowest BCUT2D eigenvalue weighted by atomic mass is 9.98. The highest BCUT2D eigenvalue weighted by atomic mass is 16.8. The first-order valence-electron chi connectivity index (χ1n) is 20.7. The van der Waals surface area contributed by atoms with Gasteiger partial charge < -0.3 is 48.1 Å². The molecule has 2 saturated heterocycles. The third-order valence-electron chi connectivity index (χ3n) is 10.6. The zero-order valence-electron chi connectivity index (χ0n) is 35.8. The topological polar surface area (TPSA) is 217 Å². The van der Waals surface area contributed by atoms with Gasteiger partial charge in [-0.1, -0.05) is 102 Å². The number of esters is 6. The number of carbonyl (C=O) groups excluding carboxylic acids is 6. The Balaban J connectivity index is 1.25. The van der Waals surface area contributed by atoms with Gasteiger partial charge in [0.1, 0.15) is 22.3 Å². The molecule has 0 aliphatic carbocycles. The third kappa shape index (κ3) is 11.6. The van der Waals surface area contributed by atoms with Crippen molar-refractivity contribution in [3.63, 3.8) is 0 Å². The lowest BCUT2D eigenvalue weighted by Crippen LogP contribution is -2.47. The third-order valence-corrected chi connectivity index (χ3v) is 10.6. The van der Waals surface area contributed by atoms with Crippen molar-refractivity contribution in [1.82, 2.24) is 0 Å². The van der Waals surface area contributed by atoms with Crippen LogP contribution in [0.25, 0.3) is 0 Å². The van der Waals surface area contributed by atoms with Gasteiger partial charge >= 0.3 is 35.8 Å². The lowest BCUT2D eigenvalue weighted by molar-refractivity contribution is -0.244. The molecule has 0 spiro atoms. The summed E-state index contributed by atoms with van der Waals surface area (Å²) in [4.78, 5) is 76.4. The Morgan fingerprint density at radius 3 is 0.935 bits per heavy atom. The van der Waals surface area contributed by atoms with E-state index in [4.69, 9.17) is 37.9 Å². The number of cyclic esters (lactones) is 6. The number of unbranched alkanes of at least 4 members (excludes halogenated alkanes) is 1. The zero-order valence-corrected chi connectivity index (χ0v) is 35.8. The molecule has 2 fully saturated rings. The molecule has 16 heteroatoms. The van der Waals surface area contributed by atoms with Crippen molar-refractivity contribution in [1.29, 1.82) is 0 Å². The van der Waals surface area contributed by atoms with Crippen molar-refractivity contribution < 1.29 is 76.9 Å². The van der Waals surface area contributed by atoms with Crippen molar-refractivity contribution in [3.8, 4) is 0 Å². The summed E-state index contributed by atoms with van der Waals surface area (Å²) in [6.45, 7) is 10.5. The summed E-state index contributed by atoms with van der Waals surface area (Å²) in [5.41, 5.74) is -0.904. The van der Waals surface area contributed by atoms with Crippen LogP contribution in [0.15, 0.2) is 119 Å². The molecule has 0 atom stereocenters. The Bertz CT molecular complexity index is 1870. The largest absolute Gasteiger partial charge is 0.480 e. The van der Waals surface area contributed by atoms with E-state index in [-0.39, 0.29) is 48.0 Å². The van der Waals surface area contributed by atoms with Crippen LogP contribution in [-0.4, -0.2) is 69.2 Å². The monoisotopic (exact) mass is 862 g/mol. The van der Waals surface area contributed by atoms with Crippen molar-refractivity contribution in [2.75, 3.05) is 0 Å². The number of carbonyl (C=O) groups is 6. The molecule has 0 radical (unpaired) electrons. The maximum atomic E-state index is 12.9. The van der Waals surface area contributed by atoms with Crippen LogP contribution in [0.3, 0.4) is 0 Å². The standard InChI is InChI=1S/C46H54O16/c1-7-43(8-2)55-35(47)31(36(48)56-43)25-19-15-13-17-21-27-33-39(51)59-45(11-5,60-40(33)52)29-23-24-30-46(12-6)61-41(53)34(42(54)62-46)28-22-18-14-16-20-26-32-37(49)57-44(9-3,10-4)58-38(32)50/h13-22,25-28,47,49H,7-12,23-24,29-30H2,1-6H3. The summed E-state index contributed by atoms with van der Waals surface area (Å²) in [7, 11) is 0. The van der Waals surface area contributed by atoms with Crippen LogP contribution in [0, 0.1) is 0 Å². The van der Waals surface area contributed by atoms with Gasteiger partial charge in [-0.3, -0.25) is 0 Å². The van der Waals surface area contributed by atoms with Gasteiger partial charge in [0, 0.05) is 51.4 Å². The molecular formula is C46H54O16. The van der Waals surface area contributed by atoms with Crippen LogP contribution >= 0.6 is 0 Å². The second-order valence-corrected chi connectivity index (χ2v) is 14.4. The van der Waals surface area contributed by atoms with Crippen molar-refractivity contribution in [2.45, 2.75) is 129 Å². The molecule has 0 aromatic heterocycles. The first-order valence-corrected chi connectivity index (χ1v) is 20.7. The van der Waals surface area contributed by atoms with Gasteiger partial charge in [0.05, 0.1) is 0 Å². The van der Waals surface area contributed by atoms with E-state index >= 15 is 0 Å². The lowest BCUT2D eigenvalue weighted by Gasteiger charge is -2.37. The smallest absolute Gasteiger partial charge is 0.348 e. The zero-order chi connectivity index (χ0) is 45.6. The summed E-state index contributed by atoms with van der Waals surface area (Å²) < 4.78 is 44.0. The van der Waals surface area contributed by atoms with Crippen molar-refractivity contribution in [2.24, 2.45) is 0 Å². The number of hydrogen-bond acceptors (Lipinski definition) is 16.